The van der Waals surface area contributed by atoms with E-state index < -0.39 is 23.5 Å². The van der Waals surface area contributed by atoms with E-state index in [1.807, 2.05) is 0 Å². The number of carbonyl (C=O) groups is 1. The van der Waals surface area contributed by atoms with Crippen molar-refractivity contribution in [2.24, 2.45) is 11.8 Å². The minimum Gasteiger partial charge on any atom is -0.481 e. The standard InChI is InChI=1S/C11H8F2O2/c12-6-1-2-7(13)8-4(6)3-5-9(8)10(5)11(14)15/h1-2,5,9-10H,3H2,(H,14,15)/t5-,9+,10-/m1/s1. The van der Waals surface area contributed by atoms with Gasteiger partial charge in [0.1, 0.15) is 11.6 Å². The molecule has 1 aromatic carbocycles. The highest BCUT2D eigenvalue weighted by molar-refractivity contribution is 5.77. The number of aliphatic carboxylic acids is 1. The van der Waals surface area contributed by atoms with Crippen molar-refractivity contribution in [2.75, 3.05) is 0 Å². The first-order valence-electron chi connectivity index (χ1n) is 4.81. The van der Waals surface area contributed by atoms with E-state index in [-0.39, 0.29) is 11.8 Å². The highest BCUT2D eigenvalue weighted by Crippen LogP contribution is 2.62. The molecule has 3 rings (SSSR count). The summed E-state index contributed by atoms with van der Waals surface area (Å²) in [6.45, 7) is 0. The van der Waals surface area contributed by atoms with Crippen LogP contribution in [0.2, 0.25) is 0 Å². The minimum absolute atomic E-state index is 0.0936. The van der Waals surface area contributed by atoms with Crippen molar-refractivity contribution in [2.45, 2.75) is 12.3 Å². The Bertz CT molecular complexity index is 470. The van der Waals surface area contributed by atoms with Crippen molar-refractivity contribution in [1.82, 2.24) is 0 Å². The second-order valence-corrected chi connectivity index (χ2v) is 4.18. The number of fused-ring (bicyclic) bond motifs is 3. The monoisotopic (exact) mass is 210 g/mol. The maximum Gasteiger partial charge on any atom is 0.307 e. The average Bonchev–Trinajstić information content (AvgIpc) is 2.75. The van der Waals surface area contributed by atoms with Crippen LogP contribution in [0.25, 0.3) is 0 Å². The van der Waals surface area contributed by atoms with Crippen molar-refractivity contribution in [3.8, 4) is 0 Å². The molecule has 2 aliphatic rings. The summed E-state index contributed by atoms with van der Waals surface area (Å²) in [5, 5.41) is 8.83. The molecule has 0 saturated heterocycles. The lowest BCUT2D eigenvalue weighted by molar-refractivity contribution is -0.139. The van der Waals surface area contributed by atoms with Crippen LogP contribution in [0.3, 0.4) is 0 Å². The molecule has 0 aliphatic heterocycles. The molecule has 0 spiro atoms. The van der Waals surface area contributed by atoms with Gasteiger partial charge in [0.15, 0.2) is 0 Å². The summed E-state index contributed by atoms with van der Waals surface area (Å²) < 4.78 is 26.7. The zero-order chi connectivity index (χ0) is 10.7. The predicted octanol–water partition coefficient (Wildman–Crippen LogP) is 1.94. The molecule has 3 atom stereocenters. The maximum absolute atomic E-state index is 13.4. The van der Waals surface area contributed by atoms with Gasteiger partial charge < -0.3 is 5.11 Å². The summed E-state index contributed by atoms with van der Waals surface area (Å²) in [6.07, 6.45) is 0.362. The Balaban J connectivity index is 2.09. The molecule has 1 saturated carbocycles. The number of benzene rings is 1. The molecule has 0 amide bonds. The second-order valence-electron chi connectivity index (χ2n) is 4.18. The first-order chi connectivity index (χ1) is 7.11. The second kappa shape index (κ2) is 2.56. The largest absolute Gasteiger partial charge is 0.481 e. The van der Waals surface area contributed by atoms with Crippen LogP contribution in [0, 0.1) is 23.5 Å². The van der Waals surface area contributed by atoms with Crippen molar-refractivity contribution in [3.05, 3.63) is 34.9 Å². The van der Waals surface area contributed by atoms with Gasteiger partial charge in [0.2, 0.25) is 0 Å². The topological polar surface area (TPSA) is 37.3 Å². The zero-order valence-corrected chi connectivity index (χ0v) is 7.71. The fourth-order valence-electron chi connectivity index (χ4n) is 2.77. The van der Waals surface area contributed by atoms with Crippen molar-refractivity contribution >= 4 is 5.97 Å². The van der Waals surface area contributed by atoms with Gasteiger partial charge in [-0.05, 0) is 35.6 Å². The van der Waals surface area contributed by atoms with Crippen LogP contribution in [-0.4, -0.2) is 11.1 Å². The van der Waals surface area contributed by atoms with Crippen LogP contribution in [-0.2, 0) is 11.2 Å². The third kappa shape index (κ3) is 0.991. The van der Waals surface area contributed by atoms with E-state index in [9.17, 15) is 13.6 Å². The number of rotatable bonds is 1. The molecule has 2 aliphatic carbocycles. The van der Waals surface area contributed by atoms with Crippen LogP contribution >= 0.6 is 0 Å². The number of carboxylic acid groups (broad SMARTS) is 1. The Kier molecular flexibility index (Phi) is 1.51. The normalized spacial score (nSPS) is 30.9. The summed E-state index contributed by atoms with van der Waals surface area (Å²) in [4.78, 5) is 10.8. The van der Waals surface area contributed by atoms with Crippen molar-refractivity contribution < 1.29 is 18.7 Å². The summed E-state index contributed by atoms with van der Waals surface area (Å²) in [5.41, 5.74) is 0.676. The fourth-order valence-corrected chi connectivity index (χ4v) is 2.77. The van der Waals surface area contributed by atoms with Gasteiger partial charge in [-0.1, -0.05) is 0 Å². The van der Waals surface area contributed by atoms with Crippen LogP contribution in [0.1, 0.15) is 17.0 Å². The summed E-state index contributed by atoms with van der Waals surface area (Å²) >= 11 is 0. The van der Waals surface area contributed by atoms with Crippen molar-refractivity contribution in [3.63, 3.8) is 0 Å². The van der Waals surface area contributed by atoms with Crippen LogP contribution in [0.15, 0.2) is 12.1 Å². The van der Waals surface area contributed by atoms with Gasteiger partial charge in [-0.3, -0.25) is 4.79 Å². The van der Waals surface area contributed by atoms with E-state index in [1.54, 1.807) is 0 Å². The molecular formula is C11H8F2O2. The predicted molar refractivity (Wildman–Crippen MR) is 47.4 cm³/mol. The first-order valence-corrected chi connectivity index (χ1v) is 4.81. The van der Waals surface area contributed by atoms with E-state index >= 15 is 0 Å². The molecular weight excluding hydrogens is 202 g/mol. The molecule has 1 aromatic rings. The first kappa shape index (κ1) is 8.83. The molecule has 0 heterocycles. The highest BCUT2D eigenvalue weighted by atomic mass is 19.1. The van der Waals surface area contributed by atoms with Gasteiger partial charge in [0, 0.05) is 5.92 Å². The molecule has 4 heteroatoms. The number of halogens is 2. The van der Waals surface area contributed by atoms with E-state index in [2.05, 4.69) is 0 Å². The lowest BCUT2D eigenvalue weighted by Gasteiger charge is -2.07. The smallest absolute Gasteiger partial charge is 0.307 e. The van der Waals surface area contributed by atoms with Gasteiger partial charge in [0.25, 0.3) is 0 Å². The third-order valence-corrected chi connectivity index (χ3v) is 3.47. The molecule has 1 fully saturated rings. The lowest BCUT2D eigenvalue weighted by atomic mass is 10.0. The third-order valence-electron chi connectivity index (χ3n) is 3.47. The fraction of sp³-hybridized carbons (Fsp3) is 0.364. The van der Waals surface area contributed by atoms with E-state index in [0.717, 1.165) is 12.1 Å². The molecule has 1 N–H and O–H groups in total. The lowest BCUT2D eigenvalue weighted by Crippen LogP contribution is -2.07. The zero-order valence-electron chi connectivity index (χ0n) is 7.71. The Morgan fingerprint density at radius 1 is 1.33 bits per heavy atom. The Morgan fingerprint density at radius 2 is 2.00 bits per heavy atom. The van der Waals surface area contributed by atoms with Crippen molar-refractivity contribution in [1.29, 1.82) is 0 Å². The van der Waals surface area contributed by atoms with Gasteiger partial charge in [-0.25, -0.2) is 8.78 Å². The minimum atomic E-state index is -0.903. The molecule has 0 unspecified atom stereocenters. The average molecular weight is 210 g/mol. The molecule has 2 nitrogen and oxygen atoms in total. The molecule has 0 bridgehead atoms. The maximum atomic E-state index is 13.4. The molecule has 78 valence electrons. The summed E-state index contributed by atoms with van der Waals surface area (Å²) in [6, 6.07) is 2.18. The quantitative estimate of drug-likeness (QED) is 0.769. The van der Waals surface area contributed by atoms with E-state index in [0.29, 0.717) is 17.5 Å². The summed E-state index contributed by atoms with van der Waals surface area (Å²) in [7, 11) is 0. The van der Waals surface area contributed by atoms with Crippen LogP contribution in [0.5, 0.6) is 0 Å². The molecule has 0 radical (unpaired) electrons. The SMILES string of the molecule is O=C(O)[C@@H]1[C@@H]2Cc3c(F)ccc(F)c3[C@H]21. The highest BCUT2D eigenvalue weighted by Gasteiger charge is 2.61. The number of carboxylic acids is 1. The number of hydrogen-bond donors (Lipinski definition) is 1. The Hall–Kier alpha value is -1.45. The Morgan fingerprint density at radius 3 is 2.67 bits per heavy atom. The van der Waals surface area contributed by atoms with Crippen LogP contribution in [0.4, 0.5) is 8.78 Å². The number of hydrogen-bond acceptors (Lipinski definition) is 1. The Labute approximate surface area is 84.5 Å². The van der Waals surface area contributed by atoms with Gasteiger partial charge in [0.05, 0.1) is 5.92 Å². The van der Waals surface area contributed by atoms with E-state index in [4.69, 9.17) is 5.11 Å². The molecule has 0 aromatic heterocycles. The molecule has 15 heavy (non-hydrogen) atoms. The van der Waals surface area contributed by atoms with Gasteiger partial charge in [-0.15, -0.1) is 0 Å². The van der Waals surface area contributed by atoms with Gasteiger partial charge >= 0.3 is 5.97 Å². The van der Waals surface area contributed by atoms with Crippen LogP contribution < -0.4 is 0 Å². The van der Waals surface area contributed by atoms with E-state index in [1.165, 1.54) is 0 Å². The summed E-state index contributed by atoms with van der Waals surface area (Å²) in [5.74, 6) is -2.68. The van der Waals surface area contributed by atoms with Gasteiger partial charge in [-0.2, -0.15) is 0 Å².